The number of fused-ring (bicyclic) bond motifs is 4. The monoisotopic (exact) mass is 504 g/mol. The Labute approximate surface area is 217 Å². The van der Waals surface area contributed by atoms with E-state index in [0.717, 1.165) is 65.7 Å². The van der Waals surface area contributed by atoms with Gasteiger partial charge in [0.1, 0.15) is 17.5 Å². The summed E-state index contributed by atoms with van der Waals surface area (Å²) in [7, 11) is 0. The number of hydrogen-bond donors (Lipinski definition) is 0. The largest absolute Gasteiger partial charge is 0.482 e. The number of ether oxygens (including phenoxy) is 2. The van der Waals surface area contributed by atoms with Gasteiger partial charge in [-0.25, -0.2) is 4.79 Å². The lowest BCUT2D eigenvalue weighted by Gasteiger charge is -2.22. The van der Waals surface area contributed by atoms with Crippen LogP contribution in [0.2, 0.25) is 0 Å². The van der Waals surface area contributed by atoms with Crippen LogP contribution < -0.4 is 10.2 Å². The van der Waals surface area contributed by atoms with E-state index in [4.69, 9.17) is 9.47 Å². The van der Waals surface area contributed by atoms with Crippen LogP contribution in [-0.2, 0) is 9.53 Å². The molecule has 0 spiro atoms. The molecule has 0 saturated heterocycles. The lowest BCUT2D eigenvalue weighted by atomic mass is 9.92. The predicted molar refractivity (Wildman–Crippen MR) is 152 cm³/mol. The van der Waals surface area contributed by atoms with Gasteiger partial charge in [-0.05, 0) is 46.2 Å². The van der Waals surface area contributed by atoms with Crippen LogP contribution in [0.25, 0.3) is 52.5 Å². The molecule has 0 amide bonds. The van der Waals surface area contributed by atoms with Gasteiger partial charge in [0.05, 0.1) is 4.70 Å². The first-order chi connectivity index (χ1) is 18.0. The van der Waals surface area contributed by atoms with Gasteiger partial charge in [0, 0.05) is 38.7 Å². The highest BCUT2D eigenvalue weighted by Gasteiger charge is 2.59. The first-order valence-corrected chi connectivity index (χ1v) is 13.4. The van der Waals surface area contributed by atoms with Crippen molar-refractivity contribution in [2.24, 2.45) is 0 Å². The van der Waals surface area contributed by atoms with E-state index in [0.29, 0.717) is 11.8 Å². The summed E-state index contributed by atoms with van der Waals surface area (Å²) >= 11 is 1.68. The minimum atomic E-state index is -0.566. The van der Waals surface area contributed by atoms with Crippen LogP contribution in [0.15, 0.2) is 84.2 Å². The number of carbonyl (C=O) groups is 1. The van der Waals surface area contributed by atoms with Gasteiger partial charge in [-0.1, -0.05) is 68.5 Å². The molecule has 6 aromatic rings. The second-order valence-electron chi connectivity index (χ2n) is 9.89. The molecular weight excluding hydrogens is 480 g/mol. The zero-order valence-corrected chi connectivity index (χ0v) is 21.2. The minimum Gasteiger partial charge on any atom is -0.482 e. The molecule has 1 aromatic heterocycles. The Morgan fingerprint density at radius 1 is 0.973 bits per heavy atom. The molecule has 0 bridgehead atoms. The molecular formula is C32H24O4S. The van der Waals surface area contributed by atoms with Crippen LogP contribution in [0.1, 0.15) is 26.2 Å². The highest BCUT2D eigenvalue weighted by atomic mass is 32.1. The molecule has 2 unspecified atom stereocenters. The molecule has 1 heterocycles. The summed E-state index contributed by atoms with van der Waals surface area (Å²) in [6.45, 7) is 5.65. The van der Waals surface area contributed by atoms with Gasteiger partial charge in [0.2, 0.25) is 0 Å². The standard InChI is InChI=1S/C32H24O4S/c1-3-15-32(17-26(32)35-27(33)4-2)36-24-16-23-18-9-5-6-11-21(18)30(34)22-14-13-20-19-10-7-8-12-25(19)37-31(24)29(20)28(22)23/h4-14,16,26H,2-3,15,17H2,1H3. The van der Waals surface area contributed by atoms with Gasteiger partial charge in [-0.15, -0.1) is 11.3 Å². The van der Waals surface area contributed by atoms with Crippen molar-refractivity contribution in [1.82, 2.24) is 0 Å². The first-order valence-electron chi connectivity index (χ1n) is 12.6. The third-order valence-electron chi connectivity index (χ3n) is 7.67. The number of rotatable bonds is 6. The fourth-order valence-corrected chi connectivity index (χ4v) is 7.09. The number of benzene rings is 5. The average molecular weight is 505 g/mol. The Balaban J connectivity index is 1.58. The molecule has 1 saturated carbocycles. The lowest BCUT2D eigenvalue weighted by Crippen LogP contribution is -2.25. The van der Waals surface area contributed by atoms with Crippen molar-refractivity contribution in [2.45, 2.75) is 37.9 Å². The zero-order chi connectivity index (χ0) is 25.3. The summed E-state index contributed by atoms with van der Waals surface area (Å²) in [4.78, 5) is 25.5. The fraction of sp³-hybridized carbons (Fsp3) is 0.188. The molecule has 7 rings (SSSR count). The summed E-state index contributed by atoms with van der Waals surface area (Å²) in [6, 6.07) is 22.3. The average Bonchev–Trinajstić information content (AvgIpc) is 3.59. The van der Waals surface area contributed by atoms with Gasteiger partial charge >= 0.3 is 5.97 Å². The normalized spacial score (nSPS) is 19.2. The van der Waals surface area contributed by atoms with Gasteiger partial charge in [-0.3, -0.25) is 4.79 Å². The minimum absolute atomic E-state index is 0.0548. The second kappa shape index (κ2) is 8.02. The molecule has 1 aliphatic rings. The van der Waals surface area contributed by atoms with Crippen molar-refractivity contribution in [1.29, 1.82) is 0 Å². The summed E-state index contributed by atoms with van der Waals surface area (Å²) in [5, 5.41) is 7.68. The van der Waals surface area contributed by atoms with Crippen molar-refractivity contribution in [3.63, 3.8) is 0 Å². The first kappa shape index (κ1) is 22.3. The number of esters is 1. The van der Waals surface area contributed by atoms with E-state index in [9.17, 15) is 9.59 Å². The molecule has 4 nitrogen and oxygen atoms in total. The molecule has 37 heavy (non-hydrogen) atoms. The molecule has 0 N–H and O–H groups in total. The van der Waals surface area contributed by atoms with Crippen LogP contribution in [-0.4, -0.2) is 17.7 Å². The van der Waals surface area contributed by atoms with E-state index < -0.39 is 11.6 Å². The van der Waals surface area contributed by atoms with Crippen LogP contribution in [0, 0.1) is 0 Å². The maximum Gasteiger partial charge on any atom is 0.330 e. The van der Waals surface area contributed by atoms with Crippen molar-refractivity contribution < 1.29 is 14.3 Å². The molecule has 5 aromatic carbocycles. The number of carbonyl (C=O) groups excluding carboxylic acids is 1. The Morgan fingerprint density at radius 3 is 2.49 bits per heavy atom. The van der Waals surface area contributed by atoms with Gasteiger partial charge in [0.25, 0.3) is 0 Å². The van der Waals surface area contributed by atoms with E-state index in [1.165, 1.54) is 6.08 Å². The predicted octanol–water partition coefficient (Wildman–Crippen LogP) is 7.73. The van der Waals surface area contributed by atoms with Gasteiger partial charge < -0.3 is 9.47 Å². The van der Waals surface area contributed by atoms with E-state index in [1.54, 1.807) is 11.3 Å². The molecule has 5 heteroatoms. The SMILES string of the molecule is C=CC(=O)OC1CC1(CCC)Oc1cc2c3ccccc3c(=O)c3ccc4c5ccccc5sc1c4c32. The lowest BCUT2D eigenvalue weighted by molar-refractivity contribution is -0.141. The molecule has 0 aliphatic heterocycles. The Morgan fingerprint density at radius 2 is 1.70 bits per heavy atom. The van der Waals surface area contributed by atoms with Crippen LogP contribution in [0.5, 0.6) is 5.75 Å². The van der Waals surface area contributed by atoms with Crippen molar-refractivity contribution >= 4 is 69.8 Å². The van der Waals surface area contributed by atoms with Crippen LogP contribution >= 0.6 is 11.3 Å². The van der Waals surface area contributed by atoms with Crippen molar-refractivity contribution in [3.8, 4) is 5.75 Å². The highest BCUT2D eigenvalue weighted by molar-refractivity contribution is 7.25. The maximum atomic E-state index is 13.6. The van der Waals surface area contributed by atoms with Crippen molar-refractivity contribution in [2.75, 3.05) is 0 Å². The Kier molecular flexibility index (Phi) is 4.82. The summed E-state index contributed by atoms with van der Waals surface area (Å²) in [6.07, 6.45) is 3.22. The Bertz CT molecular complexity index is 1950. The van der Waals surface area contributed by atoms with E-state index in [-0.39, 0.29) is 11.5 Å². The van der Waals surface area contributed by atoms with Crippen LogP contribution in [0.4, 0.5) is 0 Å². The van der Waals surface area contributed by atoms with E-state index in [1.807, 2.05) is 36.4 Å². The Hall–Kier alpha value is -3.96. The third kappa shape index (κ3) is 3.20. The molecule has 182 valence electrons. The van der Waals surface area contributed by atoms with Gasteiger partial charge in [-0.2, -0.15) is 0 Å². The van der Waals surface area contributed by atoms with Crippen LogP contribution in [0.3, 0.4) is 0 Å². The molecule has 2 atom stereocenters. The second-order valence-corrected chi connectivity index (χ2v) is 10.9. The zero-order valence-electron chi connectivity index (χ0n) is 20.4. The highest BCUT2D eigenvalue weighted by Crippen LogP contribution is 2.52. The quantitative estimate of drug-likeness (QED) is 0.101. The molecule has 1 aliphatic carbocycles. The summed E-state index contributed by atoms with van der Waals surface area (Å²) < 4.78 is 14.7. The number of hydrogen-bond acceptors (Lipinski definition) is 5. The summed E-state index contributed by atoms with van der Waals surface area (Å²) in [5.74, 6) is 0.347. The van der Waals surface area contributed by atoms with Crippen molar-refractivity contribution in [3.05, 3.63) is 89.6 Å². The van der Waals surface area contributed by atoms with Gasteiger partial charge in [0.15, 0.2) is 5.43 Å². The fourth-order valence-electron chi connectivity index (χ4n) is 5.92. The third-order valence-corrected chi connectivity index (χ3v) is 8.85. The van der Waals surface area contributed by atoms with E-state index in [2.05, 4.69) is 43.8 Å². The summed E-state index contributed by atoms with van der Waals surface area (Å²) in [5.41, 5.74) is -0.511. The van der Waals surface area contributed by atoms with E-state index >= 15 is 0 Å². The topological polar surface area (TPSA) is 52.6 Å². The smallest absolute Gasteiger partial charge is 0.330 e. The molecule has 0 radical (unpaired) electrons. The maximum absolute atomic E-state index is 13.6. The molecule has 1 fully saturated rings.